The van der Waals surface area contributed by atoms with E-state index in [2.05, 4.69) is 8.75 Å². The van der Waals surface area contributed by atoms with Crippen molar-refractivity contribution in [2.45, 2.75) is 20.3 Å². The average Bonchev–Trinajstić information content (AvgIpc) is 2.15. The van der Waals surface area contributed by atoms with Gasteiger partial charge in [0.05, 0.1) is 29.5 Å². The van der Waals surface area contributed by atoms with Crippen LogP contribution in [0.5, 0.6) is 0 Å². The minimum absolute atomic E-state index is 0.135. The Hall–Kier alpha value is -0.770. The molecule has 0 spiro atoms. The van der Waals surface area contributed by atoms with Crippen molar-refractivity contribution in [3.05, 3.63) is 11.4 Å². The number of rotatable bonds is 2. The van der Waals surface area contributed by atoms with Gasteiger partial charge in [-0.25, -0.2) is 0 Å². The molecule has 1 heterocycles. The Morgan fingerprint density at radius 2 is 2.30 bits per heavy atom. The summed E-state index contributed by atoms with van der Waals surface area (Å²) in [6.45, 7) is 3.42. The highest BCUT2D eigenvalue weighted by Gasteiger charge is 2.04. The number of Topliss-reactive ketones (excluding diaryl/α,β-unsaturated/α-hetero) is 1. The van der Waals surface area contributed by atoms with E-state index in [-0.39, 0.29) is 5.78 Å². The number of nitrogens with zero attached hydrogens (tertiary/aromatic N) is 2. The first-order chi connectivity index (χ1) is 4.70. The van der Waals surface area contributed by atoms with E-state index >= 15 is 0 Å². The monoisotopic (exact) mass is 156 g/mol. The molecule has 1 aromatic heterocycles. The van der Waals surface area contributed by atoms with E-state index in [4.69, 9.17) is 0 Å². The predicted molar refractivity (Wildman–Crippen MR) is 39.0 cm³/mol. The highest BCUT2D eigenvalue weighted by atomic mass is 32.1. The van der Waals surface area contributed by atoms with Crippen molar-refractivity contribution < 1.29 is 4.79 Å². The van der Waals surface area contributed by atoms with Crippen LogP contribution in [0.2, 0.25) is 0 Å². The van der Waals surface area contributed by atoms with Crippen LogP contribution in [-0.2, 0) is 11.2 Å². The van der Waals surface area contributed by atoms with E-state index in [1.54, 1.807) is 6.92 Å². The molecule has 54 valence electrons. The second kappa shape index (κ2) is 2.88. The molecule has 0 amide bonds. The van der Waals surface area contributed by atoms with Crippen molar-refractivity contribution in [1.82, 2.24) is 8.75 Å². The fourth-order valence-electron chi connectivity index (χ4n) is 0.646. The molecular weight excluding hydrogens is 148 g/mol. The van der Waals surface area contributed by atoms with E-state index in [9.17, 15) is 4.79 Å². The van der Waals surface area contributed by atoms with Crippen LogP contribution >= 0.6 is 11.7 Å². The summed E-state index contributed by atoms with van der Waals surface area (Å²) in [6, 6.07) is 0. The Morgan fingerprint density at radius 1 is 1.60 bits per heavy atom. The summed E-state index contributed by atoms with van der Waals surface area (Å²) >= 11 is 1.16. The zero-order valence-electron chi connectivity index (χ0n) is 5.92. The van der Waals surface area contributed by atoms with Gasteiger partial charge in [-0.2, -0.15) is 8.75 Å². The number of carbonyl (C=O) groups is 1. The normalized spacial score (nSPS) is 9.80. The van der Waals surface area contributed by atoms with Gasteiger partial charge in [0.25, 0.3) is 0 Å². The molecule has 0 unspecified atom stereocenters. The minimum atomic E-state index is 0.135. The van der Waals surface area contributed by atoms with Crippen molar-refractivity contribution in [1.29, 1.82) is 0 Å². The van der Waals surface area contributed by atoms with Crippen LogP contribution < -0.4 is 0 Å². The number of ketones is 1. The van der Waals surface area contributed by atoms with Crippen molar-refractivity contribution >= 4 is 17.5 Å². The molecule has 0 radical (unpaired) electrons. The first-order valence-corrected chi connectivity index (χ1v) is 3.70. The number of hydrogen-bond donors (Lipinski definition) is 0. The number of carbonyl (C=O) groups excluding carboxylic acids is 1. The Labute approximate surface area is 63.4 Å². The van der Waals surface area contributed by atoms with Gasteiger partial charge >= 0.3 is 0 Å². The zero-order chi connectivity index (χ0) is 7.56. The maximum absolute atomic E-state index is 10.6. The SMILES string of the molecule is CC(=O)Cc1nsnc1C. The average molecular weight is 156 g/mol. The van der Waals surface area contributed by atoms with Crippen LogP contribution in [0.1, 0.15) is 18.3 Å². The van der Waals surface area contributed by atoms with Crippen molar-refractivity contribution in [3.8, 4) is 0 Å². The maximum atomic E-state index is 10.6. The van der Waals surface area contributed by atoms with Gasteiger partial charge in [-0.15, -0.1) is 0 Å². The smallest absolute Gasteiger partial charge is 0.135 e. The van der Waals surface area contributed by atoms with Gasteiger partial charge in [0, 0.05) is 0 Å². The van der Waals surface area contributed by atoms with Crippen LogP contribution in [0, 0.1) is 6.92 Å². The lowest BCUT2D eigenvalue weighted by atomic mass is 10.2. The third-order valence-electron chi connectivity index (χ3n) is 1.16. The molecule has 4 heteroatoms. The van der Waals surface area contributed by atoms with Crippen LogP contribution in [-0.4, -0.2) is 14.5 Å². The summed E-state index contributed by atoms with van der Waals surface area (Å²) in [5.74, 6) is 0.135. The summed E-state index contributed by atoms with van der Waals surface area (Å²) in [7, 11) is 0. The molecule has 1 rings (SSSR count). The third kappa shape index (κ3) is 1.60. The lowest BCUT2D eigenvalue weighted by Crippen LogP contribution is -1.97. The van der Waals surface area contributed by atoms with Crippen LogP contribution in [0.3, 0.4) is 0 Å². The molecule has 0 aliphatic rings. The molecule has 0 bridgehead atoms. The highest BCUT2D eigenvalue weighted by molar-refractivity contribution is 6.99. The topological polar surface area (TPSA) is 42.9 Å². The molecule has 1 aromatic rings. The van der Waals surface area contributed by atoms with Gasteiger partial charge in [0.15, 0.2) is 0 Å². The van der Waals surface area contributed by atoms with Crippen molar-refractivity contribution in [2.24, 2.45) is 0 Å². The quantitative estimate of drug-likeness (QED) is 0.641. The largest absolute Gasteiger partial charge is 0.300 e. The van der Waals surface area contributed by atoms with Crippen LogP contribution in [0.15, 0.2) is 0 Å². The van der Waals surface area contributed by atoms with Gasteiger partial charge in [-0.1, -0.05) is 0 Å². The third-order valence-corrected chi connectivity index (χ3v) is 1.82. The second-order valence-electron chi connectivity index (χ2n) is 2.18. The summed E-state index contributed by atoms with van der Waals surface area (Å²) in [4.78, 5) is 10.6. The first kappa shape index (κ1) is 7.34. The van der Waals surface area contributed by atoms with E-state index in [0.717, 1.165) is 23.1 Å². The van der Waals surface area contributed by atoms with E-state index in [1.807, 2.05) is 6.92 Å². The Morgan fingerprint density at radius 3 is 2.70 bits per heavy atom. The maximum Gasteiger partial charge on any atom is 0.135 e. The van der Waals surface area contributed by atoms with Crippen LogP contribution in [0.25, 0.3) is 0 Å². The summed E-state index contributed by atoms with van der Waals surface area (Å²) in [5.41, 5.74) is 1.69. The first-order valence-electron chi connectivity index (χ1n) is 2.97. The van der Waals surface area contributed by atoms with E-state index < -0.39 is 0 Å². The van der Waals surface area contributed by atoms with Crippen molar-refractivity contribution in [3.63, 3.8) is 0 Å². The lowest BCUT2D eigenvalue weighted by molar-refractivity contribution is -0.116. The van der Waals surface area contributed by atoms with Gasteiger partial charge in [-0.3, -0.25) is 4.79 Å². The van der Waals surface area contributed by atoms with Gasteiger partial charge in [0.1, 0.15) is 5.78 Å². The van der Waals surface area contributed by atoms with Gasteiger partial charge in [0.2, 0.25) is 0 Å². The Balaban J connectivity index is 2.74. The highest BCUT2D eigenvalue weighted by Crippen LogP contribution is 2.04. The number of aryl methyl sites for hydroxylation is 1. The second-order valence-corrected chi connectivity index (χ2v) is 2.70. The molecule has 10 heavy (non-hydrogen) atoms. The molecule has 0 saturated heterocycles. The van der Waals surface area contributed by atoms with Crippen LogP contribution in [0.4, 0.5) is 0 Å². The molecule has 0 aromatic carbocycles. The molecule has 0 atom stereocenters. The minimum Gasteiger partial charge on any atom is -0.300 e. The van der Waals surface area contributed by atoms with Gasteiger partial charge in [-0.05, 0) is 13.8 Å². The molecular formula is C6H8N2OS. The summed E-state index contributed by atoms with van der Waals surface area (Å²) in [5, 5.41) is 0. The molecule has 0 saturated carbocycles. The molecule has 0 aliphatic heterocycles. The number of aromatic nitrogens is 2. The summed E-state index contributed by atoms with van der Waals surface area (Å²) in [6.07, 6.45) is 0.419. The van der Waals surface area contributed by atoms with E-state index in [1.165, 1.54) is 0 Å². The lowest BCUT2D eigenvalue weighted by Gasteiger charge is -1.88. The fraction of sp³-hybridized carbons (Fsp3) is 0.500. The van der Waals surface area contributed by atoms with E-state index in [0.29, 0.717) is 6.42 Å². The predicted octanol–water partition coefficient (Wildman–Crippen LogP) is 0.978. The Kier molecular flexibility index (Phi) is 2.11. The fourth-order valence-corrected chi connectivity index (χ4v) is 1.21. The number of hydrogen-bond acceptors (Lipinski definition) is 4. The Bertz CT molecular complexity index is 244. The van der Waals surface area contributed by atoms with Crippen molar-refractivity contribution in [2.75, 3.05) is 0 Å². The molecule has 0 fully saturated rings. The van der Waals surface area contributed by atoms with Gasteiger partial charge < -0.3 is 0 Å². The molecule has 3 nitrogen and oxygen atoms in total. The molecule has 0 aliphatic carbocycles. The summed E-state index contributed by atoms with van der Waals surface area (Å²) < 4.78 is 7.91. The zero-order valence-corrected chi connectivity index (χ0v) is 6.73. The molecule has 0 N–H and O–H groups in total. The standard InChI is InChI=1S/C6H8N2OS/c1-4(9)3-6-5(2)7-10-8-6/h3H2,1-2H3.